The Morgan fingerprint density at radius 2 is 2.00 bits per heavy atom. The predicted molar refractivity (Wildman–Crippen MR) is 66.4 cm³/mol. The van der Waals surface area contributed by atoms with Crippen LogP contribution >= 0.6 is 15.9 Å². The van der Waals surface area contributed by atoms with E-state index in [2.05, 4.69) is 21.2 Å². The predicted octanol–water partition coefficient (Wildman–Crippen LogP) is 3.79. The van der Waals surface area contributed by atoms with Gasteiger partial charge in [-0.15, -0.1) is 0 Å². The van der Waals surface area contributed by atoms with Crippen molar-refractivity contribution < 1.29 is 18.3 Å². The lowest BCUT2D eigenvalue weighted by Gasteiger charge is -2.20. The van der Waals surface area contributed by atoms with Gasteiger partial charge in [-0.25, -0.2) is 0 Å². The molecule has 0 heterocycles. The fourth-order valence-electron chi connectivity index (χ4n) is 2.12. The van der Waals surface area contributed by atoms with Gasteiger partial charge in [0.25, 0.3) is 0 Å². The molecule has 1 saturated carbocycles. The van der Waals surface area contributed by atoms with E-state index in [-0.39, 0.29) is 6.04 Å². The molecule has 0 bridgehead atoms. The van der Waals surface area contributed by atoms with E-state index >= 15 is 0 Å². The summed E-state index contributed by atoms with van der Waals surface area (Å²) in [5.41, 5.74) is -0.323. The molecule has 0 radical (unpaired) electrons. The third-order valence-corrected chi connectivity index (χ3v) is 3.81. The molecule has 0 aromatic heterocycles. The summed E-state index contributed by atoms with van der Waals surface area (Å²) in [7, 11) is 0. The lowest BCUT2D eigenvalue weighted by atomic mass is 10.1. The van der Waals surface area contributed by atoms with E-state index < -0.39 is 17.8 Å². The lowest BCUT2D eigenvalue weighted by Crippen LogP contribution is -2.28. The highest BCUT2D eigenvalue weighted by molar-refractivity contribution is 9.10. The molecule has 2 rings (SSSR count). The minimum Gasteiger partial charge on any atom is -0.391 e. The largest absolute Gasteiger partial charge is 0.416 e. The fourth-order valence-corrected chi connectivity index (χ4v) is 2.48. The number of hydrogen-bond acceptors (Lipinski definition) is 2. The first kappa shape index (κ1) is 13.7. The van der Waals surface area contributed by atoms with Gasteiger partial charge in [-0.1, -0.05) is 0 Å². The van der Waals surface area contributed by atoms with E-state index in [0.717, 1.165) is 25.0 Å². The van der Waals surface area contributed by atoms with Crippen molar-refractivity contribution in [2.24, 2.45) is 0 Å². The van der Waals surface area contributed by atoms with Crippen LogP contribution < -0.4 is 5.32 Å². The smallest absolute Gasteiger partial charge is 0.391 e. The highest BCUT2D eigenvalue weighted by Gasteiger charge is 2.32. The van der Waals surface area contributed by atoms with Crippen molar-refractivity contribution in [3.63, 3.8) is 0 Å². The third-order valence-electron chi connectivity index (χ3n) is 3.11. The second-order valence-electron chi connectivity index (χ2n) is 4.44. The molecule has 0 aliphatic heterocycles. The van der Waals surface area contributed by atoms with Crippen LogP contribution in [0.2, 0.25) is 0 Å². The molecule has 2 nitrogen and oxygen atoms in total. The zero-order valence-electron chi connectivity index (χ0n) is 9.47. The van der Waals surface area contributed by atoms with Crippen molar-refractivity contribution in [3.05, 3.63) is 28.2 Å². The molecule has 1 aliphatic rings. The number of aliphatic hydroxyl groups excluding tert-OH is 1. The van der Waals surface area contributed by atoms with Crippen LogP contribution in [0.1, 0.15) is 24.8 Å². The summed E-state index contributed by atoms with van der Waals surface area (Å²) in [5.74, 6) is 0. The van der Waals surface area contributed by atoms with E-state index in [0.29, 0.717) is 16.6 Å². The molecule has 100 valence electrons. The first-order valence-electron chi connectivity index (χ1n) is 5.69. The molecule has 1 aromatic rings. The Bertz CT molecular complexity index is 436. The fraction of sp³-hybridized carbons (Fsp3) is 0.500. The average Bonchev–Trinajstić information content (AvgIpc) is 2.66. The normalized spacial score (nSPS) is 24.3. The van der Waals surface area contributed by atoms with E-state index in [1.165, 1.54) is 6.07 Å². The SMILES string of the molecule is OC1CCCC1Nc1cc(C(F)(F)F)ccc1Br. The van der Waals surface area contributed by atoms with Gasteiger partial charge in [0.05, 0.1) is 17.7 Å². The second kappa shape index (κ2) is 5.09. The Labute approximate surface area is 111 Å². The van der Waals surface area contributed by atoms with Gasteiger partial charge >= 0.3 is 6.18 Å². The number of nitrogens with one attached hydrogen (secondary N) is 1. The van der Waals surface area contributed by atoms with Crippen LogP contribution in [-0.4, -0.2) is 17.3 Å². The van der Waals surface area contributed by atoms with Crippen LogP contribution in [0, 0.1) is 0 Å². The molecule has 2 N–H and O–H groups in total. The van der Waals surface area contributed by atoms with E-state index in [4.69, 9.17) is 0 Å². The Balaban J connectivity index is 2.21. The van der Waals surface area contributed by atoms with Crippen LogP contribution in [0.4, 0.5) is 18.9 Å². The van der Waals surface area contributed by atoms with Crippen LogP contribution in [0.25, 0.3) is 0 Å². The molecule has 1 aliphatic carbocycles. The summed E-state index contributed by atoms with van der Waals surface area (Å²) >= 11 is 3.21. The first-order valence-corrected chi connectivity index (χ1v) is 6.48. The summed E-state index contributed by atoms with van der Waals surface area (Å²) in [6.45, 7) is 0. The van der Waals surface area contributed by atoms with Gasteiger partial charge in [-0.05, 0) is 53.4 Å². The van der Waals surface area contributed by atoms with Gasteiger partial charge in [-0.2, -0.15) is 13.2 Å². The highest BCUT2D eigenvalue weighted by Crippen LogP contribution is 2.35. The number of anilines is 1. The maximum absolute atomic E-state index is 12.6. The highest BCUT2D eigenvalue weighted by atomic mass is 79.9. The standard InChI is InChI=1S/C12H13BrF3NO/c13-8-5-4-7(12(14,15)16)6-10(8)17-9-2-1-3-11(9)18/h4-6,9,11,17-18H,1-3H2. The Morgan fingerprint density at radius 1 is 1.28 bits per heavy atom. The summed E-state index contributed by atoms with van der Waals surface area (Å²) in [6.07, 6.45) is -2.51. The minimum atomic E-state index is -4.36. The molecule has 0 spiro atoms. The van der Waals surface area contributed by atoms with Gasteiger partial charge in [-0.3, -0.25) is 0 Å². The maximum Gasteiger partial charge on any atom is 0.416 e. The van der Waals surface area contributed by atoms with Gasteiger partial charge in [0, 0.05) is 10.2 Å². The molecule has 0 saturated heterocycles. The molecule has 1 aromatic carbocycles. The van der Waals surface area contributed by atoms with Crippen molar-refractivity contribution >= 4 is 21.6 Å². The summed E-state index contributed by atoms with van der Waals surface area (Å²) in [5, 5.41) is 12.6. The molecular formula is C12H13BrF3NO. The van der Waals surface area contributed by atoms with E-state index in [1.807, 2.05) is 0 Å². The topological polar surface area (TPSA) is 32.3 Å². The van der Waals surface area contributed by atoms with Gasteiger partial charge in [0.2, 0.25) is 0 Å². The Morgan fingerprint density at radius 3 is 2.56 bits per heavy atom. The van der Waals surface area contributed by atoms with Crippen LogP contribution in [0.15, 0.2) is 22.7 Å². The van der Waals surface area contributed by atoms with Gasteiger partial charge in [0.1, 0.15) is 0 Å². The molecule has 0 amide bonds. The second-order valence-corrected chi connectivity index (χ2v) is 5.30. The number of halogens is 4. The molecule has 6 heteroatoms. The zero-order valence-corrected chi connectivity index (χ0v) is 11.1. The minimum absolute atomic E-state index is 0.176. The monoisotopic (exact) mass is 323 g/mol. The van der Waals surface area contributed by atoms with E-state index in [9.17, 15) is 18.3 Å². The van der Waals surface area contributed by atoms with Crippen molar-refractivity contribution in [2.45, 2.75) is 37.6 Å². The van der Waals surface area contributed by atoms with Gasteiger partial charge < -0.3 is 10.4 Å². The zero-order chi connectivity index (χ0) is 13.3. The third kappa shape index (κ3) is 2.98. The molecule has 1 fully saturated rings. The summed E-state index contributed by atoms with van der Waals surface area (Å²) in [4.78, 5) is 0. The summed E-state index contributed by atoms with van der Waals surface area (Å²) in [6, 6.07) is 3.28. The lowest BCUT2D eigenvalue weighted by molar-refractivity contribution is -0.137. The van der Waals surface area contributed by atoms with Crippen molar-refractivity contribution in [3.8, 4) is 0 Å². The maximum atomic E-state index is 12.6. The first-order chi connectivity index (χ1) is 8.38. The number of aliphatic hydroxyl groups is 1. The van der Waals surface area contributed by atoms with Gasteiger partial charge in [0.15, 0.2) is 0 Å². The summed E-state index contributed by atoms with van der Waals surface area (Å²) < 4.78 is 38.4. The van der Waals surface area contributed by atoms with Crippen LogP contribution in [0.3, 0.4) is 0 Å². The molecular weight excluding hydrogens is 311 g/mol. The molecule has 18 heavy (non-hydrogen) atoms. The van der Waals surface area contributed by atoms with Crippen molar-refractivity contribution in [1.82, 2.24) is 0 Å². The number of alkyl halides is 3. The Kier molecular flexibility index (Phi) is 3.87. The van der Waals surface area contributed by atoms with Crippen LogP contribution in [-0.2, 0) is 6.18 Å². The molecule has 2 unspecified atom stereocenters. The quantitative estimate of drug-likeness (QED) is 0.867. The van der Waals surface area contributed by atoms with Crippen LogP contribution in [0.5, 0.6) is 0 Å². The molecule has 2 atom stereocenters. The number of benzene rings is 1. The van der Waals surface area contributed by atoms with E-state index in [1.54, 1.807) is 0 Å². The number of rotatable bonds is 2. The number of hydrogen-bond donors (Lipinski definition) is 2. The van der Waals surface area contributed by atoms with Crippen molar-refractivity contribution in [1.29, 1.82) is 0 Å². The average molecular weight is 324 g/mol. The Hall–Kier alpha value is -0.750. The van der Waals surface area contributed by atoms with Crippen molar-refractivity contribution in [2.75, 3.05) is 5.32 Å².